The van der Waals surface area contributed by atoms with Crippen molar-refractivity contribution in [1.29, 1.82) is 0 Å². The molecule has 4 heteroatoms. The zero-order valence-corrected chi connectivity index (χ0v) is 7.99. The van der Waals surface area contributed by atoms with Gasteiger partial charge in [-0.15, -0.1) is 0 Å². The van der Waals surface area contributed by atoms with Crippen LogP contribution in [-0.4, -0.2) is 31.8 Å². The minimum atomic E-state index is -0.415. The van der Waals surface area contributed by atoms with Gasteiger partial charge in [0.1, 0.15) is 12.6 Å². The summed E-state index contributed by atoms with van der Waals surface area (Å²) in [6, 6.07) is -0.415. The summed E-state index contributed by atoms with van der Waals surface area (Å²) in [4.78, 5) is 11.2. The highest BCUT2D eigenvalue weighted by Crippen LogP contribution is 2.31. The van der Waals surface area contributed by atoms with E-state index in [-0.39, 0.29) is 5.97 Å². The summed E-state index contributed by atoms with van der Waals surface area (Å²) in [6.45, 7) is 3.32. The largest absolute Gasteiger partial charge is 0.462 e. The van der Waals surface area contributed by atoms with Gasteiger partial charge in [-0.1, -0.05) is 0 Å². The molecule has 1 saturated carbocycles. The summed E-state index contributed by atoms with van der Waals surface area (Å²) in [5.74, 6) is 0.0711. The van der Waals surface area contributed by atoms with Gasteiger partial charge < -0.3 is 15.2 Å². The number of nitrogens with two attached hydrogens (primary N) is 1. The van der Waals surface area contributed by atoms with E-state index in [1.165, 1.54) is 0 Å². The van der Waals surface area contributed by atoms with Gasteiger partial charge in [-0.05, 0) is 25.7 Å². The van der Waals surface area contributed by atoms with Gasteiger partial charge in [0.15, 0.2) is 0 Å². The molecule has 0 aromatic carbocycles. The number of hydrogen-bond acceptors (Lipinski definition) is 4. The third-order valence-electron chi connectivity index (χ3n) is 2.08. The van der Waals surface area contributed by atoms with Crippen molar-refractivity contribution in [3.05, 3.63) is 0 Å². The molecule has 1 aliphatic rings. The first-order valence-corrected chi connectivity index (χ1v) is 4.75. The average molecular weight is 187 g/mol. The summed E-state index contributed by atoms with van der Waals surface area (Å²) in [6.07, 6.45) is 2.11. The van der Waals surface area contributed by atoms with Crippen molar-refractivity contribution in [1.82, 2.24) is 0 Å². The highest BCUT2D eigenvalue weighted by molar-refractivity contribution is 5.76. The second-order valence-corrected chi connectivity index (χ2v) is 3.23. The lowest BCUT2D eigenvalue weighted by Gasteiger charge is -2.09. The third kappa shape index (κ3) is 3.74. The smallest absolute Gasteiger partial charge is 0.323 e. The van der Waals surface area contributed by atoms with Crippen molar-refractivity contribution in [2.45, 2.75) is 25.8 Å². The molecule has 0 bridgehead atoms. The quantitative estimate of drug-likeness (QED) is 0.480. The Balaban J connectivity index is 2.02. The first-order chi connectivity index (χ1) is 6.25. The lowest BCUT2D eigenvalue weighted by atomic mass is 10.2. The van der Waals surface area contributed by atoms with Gasteiger partial charge in [-0.3, -0.25) is 4.79 Å². The van der Waals surface area contributed by atoms with Gasteiger partial charge in [0.2, 0.25) is 0 Å². The summed E-state index contributed by atoms with van der Waals surface area (Å²) < 4.78 is 9.94. The van der Waals surface area contributed by atoms with Crippen molar-refractivity contribution in [3.63, 3.8) is 0 Å². The molecule has 13 heavy (non-hydrogen) atoms. The molecule has 4 nitrogen and oxygen atoms in total. The summed E-state index contributed by atoms with van der Waals surface area (Å²) in [5, 5.41) is 0. The SMILES string of the molecule is CCOCCOC(=O)C(N)C1CC1. The van der Waals surface area contributed by atoms with Gasteiger partial charge in [-0.2, -0.15) is 0 Å². The van der Waals surface area contributed by atoms with Gasteiger partial charge in [0, 0.05) is 6.61 Å². The monoisotopic (exact) mass is 187 g/mol. The first kappa shape index (κ1) is 10.5. The summed E-state index contributed by atoms with van der Waals surface area (Å²) >= 11 is 0. The molecule has 1 rings (SSSR count). The fraction of sp³-hybridized carbons (Fsp3) is 0.889. The average Bonchev–Trinajstić information content (AvgIpc) is 2.94. The van der Waals surface area contributed by atoms with Crippen molar-refractivity contribution in [3.8, 4) is 0 Å². The molecule has 0 amide bonds. The highest BCUT2D eigenvalue weighted by Gasteiger charge is 2.34. The van der Waals surface area contributed by atoms with Crippen LogP contribution in [0.5, 0.6) is 0 Å². The lowest BCUT2D eigenvalue weighted by molar-refractivity contribution is -0.147. The van der Waals surface area contributed by atoms with Crippen LogP contribution in [0.3, 0.4) is 0 Å². The van der Waals surface area contributed by atoms with E-state index in [9.17, 15) is 4.79 Å². The van der Waals surface area contributed by atoms with E-state index < -0.39 is 6.04 Å². The second kappa shape index (κ2) is 5.19. The molecule has 0 aromatic heterocycles. The van der Waals surface area contributed by atoms with Crippen LogP contribution in [-0.2, 0) is 14.3 Å². The normalized spacial score (nSPS) is 18.3. The Morgan fingerprint density at radius 2 is 2.23 bits per heavy atom. The maximum absolute atomic E-state index is 11.2. The van der Waals surface area contributed by atoms with E-state index in [2.05, 4.69) is 0 Å². The number of esters is 1. The molecular formula is C9H17NO3. The minimum absolute atomic E-state index is 0.290. The van der Waals surface area contributed by atoms with Crippen LogP contribution in [0.2, 0.25) is 0 Å². The molecule has 1 unspecified atom stereocenters. The second-order valence-electron chi connectivity index (χ2n) is 3.23. The molecule has 0 heterocycles. The van der Waals surface area contributed by atoms with Crippen molar-refractivity contribution in [2.75, 3.05) is 19.8 Å². The molecular weight excluding hydrogens is 170 g/mol. The summed E-state index contributed by atoms with van der Waals surface area (Å²) in [5.41, 5.74) is 5.62. The zero-order chi connectivity index (χ0) is 9.68. The Hall–Kier alpha value is -0.610. The van der Waals surface area contributed by atoms with Gasteiger partial charge in [0.25, 0.3) is 0 Å². The van der Waals surface area contributed by atoms with E-state index in [1.54, 1.807) is 0 Å². The first-order valence-electron chi connectivity index (χ1n) is 4.75. The molecule has 0 spiro atoms. The van der Waals surface area contributed by atoms with Crippen molar-refractivity contribution < 1.29 is 14.3 Å². The van der Waals surface area contributed by atoms with Crippen LogP contribution in [0.1, 0.15) is 19.8 Å². The molecule has 1 fully saturated rings. The molecule has 76 valence electrons. The number of rotatable bonds is 6. The van der Waals surface area contributed by atoms with E-state index in [0.29, 0.717) is 25.7 Å². The predicted molar refractivity (Wildman–Crippen MR) is 48.2 cm³/mol. The Kier molecular flexibility index (Phi) is 4.18. The van der Waals surface area contributed by atoms with Crippen LogP contribution in [0.25, 0.3) is 0 Å². The van der Waals surface area contributed by atoms with Crippen LogP contribution in [0.4, 0.5) is 0 Å². The van der Waals surface area contributed by atoms with E-state index in [0.717, 1.165) is 12.8 Å². The third-order valence-corrected chi connectivity index (χ3v) is 2.08. The Labute approximate surface area is 78.4 Å². The molecule has 0 radical (unpaired) electrons. The van der Waals surface area contributed by atoms with Crippen molar-refractivity contribution >= 4 is 5.97 Å². The molecule has 0 saturated heterocycles. The maximum atomic E-state index is 11.2. The van der Waals surface area contributed by atoms with Gasteiger partial charge >= 0.3 is 5.97 Å². The topological polar surface area (TPSA) is 61.5 Å². The summed E-state index contributed by atoms with van der Waals surface area (Å²) in [7, 11) is 0. The Morgan fingerprint density at radius 1 is 1.54 bits per heavy atom. The zero-order valence-electron chi connectivity index (χ0n) is 7.99. The van der Waals surface area contributed by atoms with Crippen LogP contribution >= 0.6 is 0 Å². The van der Waals surface area contributed by atoms with E-state index in [1.807, 2.05) is 6.92 Å². The maximum Gasteiger partial charge on any atom is 0.323 e. The molecule has 0 aromatic rings. The minimum Gasteiger partial charge on any atom is -0.462 e. The fourth-order valence-electron chi connectivity index (χ4n) is 1.09. The van der Waals surface area contributed by atoms with Gasteiger partial charge in [0.05, 0.1) is 6.61 Å². The fourth-order valence-corrected chi connectivity index (χ4v) is 1.09. The molecule has 0 aliphatic heterocycles. The number of carbonyl (C=O) groups is 1. The van der Waals surface area contributed by atoms with Gasteiger partial charge in [-0.25, -0.2) is 0 Å². The van der Waals surface area contributed by atoms with Crippen LogP contribution < -0.4 is 5.73 Å². The highest BCUT2D eigenvalue weighted by atomic mass is 16.6. The number of carbonyl (C=O) groups excluding carboxylic acids is 1. The van der Waals surface area contributed by atoms with Crippen LogP contribution in [0, 0.1) is 5.92 Å². The predicted octanol–water partition coefficient (Wildman–Crippen LogP) is 0.303. The van der Waals surface area contributed by atoms with E-state index >= 15 is 0 Å². The van der Waals surface area contributed by atoms with Crippen LogP contribution in [0.15, 0.2) is 0 Å². The van der Waals surface area contributed by atoms with Crippen molar-refractivity contribution in [2.24, 2.45) is 11.7 Å². The lowest BCUT2D eigenvalue weighted by Crippen LogP contribution is -2.34. The van der Waals surface area contributed by atoms with E-state index in [4.69, 9.17) is 15.2 Å². The standard InChI is InChI=1S/C9H17NO3/c1-2-12-5-6-13-9(11)8(10)7-3-4-7/h7-8H,2-6,10H2,1H3. The Bertz CT molecular complexity index is 168. The number of hydrogen-bond donors (Lipinski definition) is 1. The molecule has 1 aliphatic carbocycles. The molecule has 2 N–H and O–H groups in total. The Morgan fingerprint density at radius 3 is 2.77 bits per heavy atom. The number of ether oxygens (including phenoxy) is 2. The molecule has 1 atom stereocenters.